The van der Waals surface area contributed by atoms with Crippen molar-refractivity contribution in [1.82, 2.24) is 14.5 Å². The third-order valence-electron chi connectivity index (χ3n) is 6.35. The molecule has 3 atom stereocenters. The lowest BCUT2D eigenvalue weighted by molar-refractivity contribution is 0.0492. The van der Waals surface area contributed by atoms with Gasteiger partial charge in [0.2, 0.25) is 0 Å². The maximum Gasteiger partial charge on any atom is 0.0954 e. The van der Waals surface area contributed by atoms with Crippen molar-refractivity contribution in [2.24, 2.45) is 11.7 Å². The first-order chi connectivity index (χ1) is 11.3. The maximum absolute atomic E-state index is 10.3. The van der Waals surface area contributed by atoms with Gasteiger partial charge in [0.25, 0.3) is 0 Å². The van der Waals surface area contributed by atoms with E-state index in [1.54, 1.807) is 0 Å². The molecule has 1 aromatic rings. The van der Waals surface area contributed by atoms with E-state index in [-0.39, 0.29) is 6.10 Å². The van der Waals surface area contributed by atoms with Crippen LogP contribution in [-0.4, -0.2) is 51.3 Å². The van der Waals surface area contributed by atoms with Crippen LogP contribution in [-0.2, 0) is 12.8 Å². The summed E-state index contributed by atoms with van der Waals surface area (Å²) in [5.74, 6) is 0.508. The highest BCUT2D eigenvalue weighted by Crippen LogP contribution is 2.34. The van der Waals surface area contributed by atoms with Gasteiger partial charge >= 0.3 is 0 Å². The molecular weight excluding hydrogens is 288 g/mol. The SMILES string of the molecule is NCC1C[C@@H](O)[C@H](N2CCC(n3cnc4c3CCCC4)CC2)C1. The van der Waals surface area contributed by atoms with E-state index < -0.39 is 0 Å². The average molecular weight is 318 g/mol. The fourth-order valence-electron chi connectivity index (χ4n) is 4.98. The van der Waals surface area contributed by atoms with Crippen molar-refractivity contribution < 1.29 is 5.11 Å². The number of hydrogen-bond acceptors (Lipinski definition) is 4. The van der Waals surface area contributed by atoms with Crippen LogP contribution in [0.15, 0.2) is 6.33 Å². The molecule has 0 bridgehead atoms. The van der Waals surface area contributed by atoms with Crippen molar-refractivity contribution in [3.8, 4) is 0 Å². The highest BCUT2D eigenvalue weighted by atomic mass is 16.3. The van der Waals surface area contributed by atoms with Gasteiger partial charge in [0.1, 0.15) is 0 Å². The van der Waals surface area contributed by atoms with Gasteiger partial charge in [0.05, 0.1) is 18.1 Å². The van der Waals surface area contributed by atoms with Gasteiger partial charge in [0.15, 0.2) is 0 Å². The molecule has 1 aliphatic heterocycles. The zero-order valence-electron chi connectivity index (χ0n) is 14.0. The van der Waals surface area contributed by atoms with Crippen LogP contribution in [0, 0.1) is 5.92 Å². The molecule has 23 heavy (non-hydrogen) atoms. The lowest BCUT2D eigenvalue weighted by Crippen LogP contribution is -2.45. The fourth-order valence-corrected chi connectivity index (χ4v) is 4.98. The monoisotopic (exact) mass is 318 g/mol. The lowest BCUT2D eigenvalue weighted by atomic mass is 9.98. The number of fused-ring (bicyclic) bond motifs is 1. The van der Waals surface area contributed by atoms with Crippen molar-refractivity contribution in [1.29, 1.82) is 0 Å². The second-order valence-electron chi connectivity index (χ2n) is 7.73. The summed E-state index contributed by atoms with van der Waals surface area (Å²) in [5.41, 5.74) is 8.64. The Labute approximate surface area is 138 Å². The Hall–Kier alpha value is -0.910. The van der Waals surface area contributed by atoms with Crippen molar-refractivity contribution >= 4 is 0 Å². The van der Waals surface area contributed by atoms with E-state index in [2.05, 4.69) is 20.8 Å². The van der Waals surface area contributed by atoms with Crippen LogP contribution in [0.2, 0.25) is 0 Å². The predicted molar refractivity (Wildman–Crippen MR) is 90.3 cm³/mol. The molecule has 0 aromatic carbocycles. The molecule has 1 saturated carbocycles. The minimum absolute atomic E-state index is 0.180. The van der Waals surface area contributed by atoms with E-state index in [0.717, 1.165) is 32.4 Å². The highest BCUT2D eigenvalue weighted by molar-refractivity contribution is 5.17. The van der Waals surface area contributed by atoms with Crippen molar-refractivity contribution in [2.45, 2.75) is 69.6 Å². The van der Waals surface area contributed by atoms with E-state index in [1.807, 2.05) is 0 Å². The minimum Gasteiger partial charge on any atom is -0.391 e. The van der Waals surface area contributed by atoms with Crippen LogP contribution in [0.1, 0.15) is 56.0 Å². The third-order valence-corrected chi connectivity index (χ3v) is 6.35. The summed E-state index contributed by atoms with van der Waals surface area (Å²) in [6.07, 6.45) is 11.2. The number of nitrogens with zero attached hydrogens (tertiary/aromatic N) is 3. The van der Waals surface area contributed by atoms with E-state index in [9.17, 15) is 5.11 Å². The topological polar surface area (TPSA) is 67.3 Å². The van der Waals surface area contributed by atoms with Crippen LogP contribution in [0.3, 0.4) is 0 Å². The molecule has 0 spiro atoms. The number of rotatable bonds is 3. The molecule has 2 fully saturated rings. The summed E-state index contributed by atoms with van der Waals surface area (Å²) >= 11 is 0. The molecule has 1 unspecified atom stereocenters. The van der Waals surface area contributed by atoms with Gasteiger partial charge in [-0.25, -0.2) is 4.98 Å². The smallest absolute Gasteiger partial charge is 0.0954 e. The standard InChI is InChI=1S/C18H30N4O/c19-11-13-9-17(18(23)10-13)21-7-5-14(6-8-21)22-12-20-15-3-1-2-4-16(15)22/h12-14,17-18,23H,1-11,19H2/t13?,17-,18-/m1/s1. The number of piperidine rings is 1. The fraction of sp³-hybridized carbons (Fsp3) is 0.833. The third kappa shape index (κ3) is 2.94. The van der Waals surface area contributed by atoms with E-state index >= 15 is 0 Å². The van der Waals surface area contributed by atoms with E-state index in [0.29, 0.717) is 24.5 Å². The van der Waals surface area contributed by atoms with Gasteiger partial charge in [0, 0.05) is 30.9 Å². The van der Waals surface area contributed by atoms with Crippen molar-refractivity contribution in [2.75, 3.05) is 19.6 Å². The summed E-state index contributed by atoms with van der Waals surface area (Å²) in [5, 5.41) is 10.3. The first-order valence-electron chi connectivity index (χ1n) is 9.43. The molecule has 3 N–H and O–H groups in total. The molecule has 128 valence electrons. The molecule has 0 radical (unpaired) electrons. The van der Waals surface area contributed by atoms with E-state index in [1.165, 1.54) is 43.5 Å². The van der Waals surface area contributed by atoms with Gasteiger partial charge in [-0.1, -0.05) is 0 Å². The van der Waals surface area contributed by atoms with Crippen LogP contribution in [0.25, 0.3) is 0 Å². The molecule has 0 amide bonds. The first kappa shape index (κ1) is 15.6. The summed E-state index contributed by atoms with van der Waals surface area (Å²) in [6, 6.07) is 0.936. The molecule has 1 saturated heterocycles. The van der Waals surface area contributed by atoms with Gasteiger partial charge in [-0.2, -0.15) is 0 Å². The number of aryl methyl sites for hydroxylation is 1. The average Bonchev–Trinajstić information content (AvgIpc) is 3.18. The largest absolute Gasteiger partial charge is 0.391 e. The number of aromatic nitrogens is 2. The number of nitrogens with two attached hydrogens (primary N) is 1. The van der Waals surface area contributed by atoms with Crippen molar-refractivity contribution in [3.63, 3.8) is 0 Å². The Balaban J connectivity index is 1.39. The molecular formula is C18H30N4O. The number of imidazole rings is 1. The maximum atomic E-state index is 10.3. The van der Waals surface area contributed by atoms with Gasteiger partial charge in [-0.3, -0.25) is 4.90 Å². The van der Waals surface area contributed by atoms with Crippen molar-refractivity contribution in [3.05, 3.63) is 17.7 Å². The Morgan fingerprint density at radius 1 is 1.17 bits per heavy atom. The molecule has 1 aromatic heterocycles. The highest BCUT2D eigenvalue weighted by Gasteiger charge is 2.37. The van der Waals surface area contributed by atoms with Gasteiger partial charge in [-0.15, -0.1) is 0 Å². The Bertz CT molecular complexity index is 535. The molecule has 3 aliphatic rings. The normalized spacial score (nSPS) is 33.0. The molecule has 2 aliphatic carbocycles. The van der Waals surface area contributed by atoms with Crippen LogP contribution >= 0.6 is 0 Å². The number of aliphatic hydroxyl groups is 1. The first-order valence-corrected chi connectivity index (χ1v) is 9.43. The minimum atomic E-state index is -0.180. The molecule has 5 heteroatoms. The summed E-state index contributed by atoms with van der Waals surface area (Å²) in [6.45, 7) is 2.90. The predicted octanol–water partition coefficient (Wildman–Crippen LogP) is 1.50. The molecule has 4 rings (SSSR count). The summed E-state index contributed by atoms with van der Waals surface area (Å²) in [7, 11) is 0. The van der Waals surface area contributed by atoms with Crippen LogP contribution in [0.5, 0.6) is 0 Å². The zero-order chi connectivity index (χ0) is 15.8. The second kappa shape index (κ2) is 6.54. The van der Waals surface area contributed by atoms with Crippen LogP contribution < -0.4 is 5.73 Å². The van der Waals surface area contributed by atoms with Gasteiger partial charge in [-0.05, 0) is 63.8 Å². The van der Waals surface area contributed by atoms with Gasteiger partial charge < -0.3 is 15.4 Å². The van der Waals surface area contributed by atoms with E-state index in [4.69, 9.17) is 5.73 Å². The van der Waals surface area contributed by atoms with Crippen LogP contribution in [0.4, 0.5) is 0 Å². The quantitative estimate of drug-likeness (QED) is 0.886. The number of likely N-dealkylation sites (tertiary alicyclic amines) is 1. The summed E-state index contributed by atoms with van der Waals surface area (Å²) in [4.78, 5) is 7.17. The molecule has 5 nitrogen and oxygen atoms in total. The Kier molecular flexibility index (Phi) is 4.43. The second-order valence-corrected chi connectivity index (χ2v) is 7.73. The Morgan fingerprint density at radius 2 is 1.96 bits per heavy atom. The lowest BCUT2D eigenvalue weighted by Gasteiger charge is -2.38. The zero-order valence-corrected chi connectivity index (χ0v) is 14.0. The summed E-state index contributed by atoms with van der Waals surface area (Å²) < 4.78 is 2.47. The Morgan fingerprint density at radius 3 is 2.70 bits per heavy atom. The number of aliphatic hydroxyl groups excluding tert-OH is 1. The number of hydrogen-bond donors (Lipinski definition) is 2. The molecule has 2 heterocycles.